The highest BCUT2D eigenvalue weighted by Crippen LogP contribution is 2.43. The molecule has 2 aliphatic rings. The number of aliphatic hydroxyl groups excluding tert-OH is 1. The number of ether oxygens (including phenoxy) is 5. The van der Waals surface area contributed by atoms with E-state index in [1.807, 2.05) is 6.92 Å². The summed E-state index contributed by atoms with van der Waals surface area (Å²) >= 11 is 0. The van der Waals surface area contributed by atoms with Crippen LogP contribution < -0.4 is 18.9 Å². The van der Waals surface area contributed by atoms with E-state index in [1.165, 1.54) is 12.0 Å². The van der Waals surface area contributed by atoms with Crippen LogP contribution in [0.5, 0.6) is 23.0 Å². The van der Waals surface area contributed by atoms with Crippen molar-refractivity contribution in [3.63, 3.8) is 0 Å². The van der Waals surface area contributed by atoms with Crippen LogP contribution in [-0.4, -0.2) is 68.4 Å². The summed E-state index contributed by atoms with van der Waals surface area (Å²) in [5.41, 5.74) is 0.945. The number of benzene rings is 2. The van der Waals surface area contributed by atoms with E-state index in [2.05, 4.69) is 13.8 Å². The van der Waals surface area contributed by atoms with Crippen LogP contribution in [0, 0.1) is 5.92 Å². The molecule has 38 heavy (non-hydrogen) atoms. The predicted molar refractivity (Wildman–Crippen MR) is 141 cm³/mol. The summed E-state index contributed by atoms with van der Waals surface area (Å²) in [5, 5.41) is 11.4. The Balaban J connectivity index is 1.78. The van der Waals surface area contributed by atoms with Crippen molar-refractivity contribution < 1.29 is 38.4 Å². The summed E-state index contributed by atoms with van der Waals surface area (Å²) in [6.07, 6.45) is 0.889. The van der Waals surface area contributed by atoms with Crippen molar-refractivity contribution in [3.05, 3.63) is 53.1 Å². The van der Waals surface area contributed by atoms with E-state index in [0.29, 0.717) is 66.5 Å². The van der Waals surface area contributed by atoms with Gasteiger partial charge in [0, 0.05) is 19.2 Å². The van der Waals surface area contributed by atoms with Gasteiger partial charge in [-0.15, -0.1) is 0 Å². The zero-order chi connectivity index (χ0) is 27.2. The molecular weight excluding hydrogens is 490 g/mol. The Hall–Kier alpha value is -3.72. The molecule has 0 radical (unpaired) electrons. The van der Waals surface area contributed by atoms with Crippen molar-refractivity contribution >= 4 is 17.4 Å². The molecule has 1 atom stereocenters. The van der Waals surface area contributed by atoms with Gasteiger partial charge in [0.2, 0.25) is 0 Å². The minimum atomic E-state index is -0.845. The fourth-order valence-corrected chi connectivity index (χ4v) is 4.48. The summed E-state index contributed by atoms with van der Waals surface area (Å²) < 4.78 is 28.2. The molecule has 1 saturated heterocycles. The number of hydrogen-bond donors (Lipinski definition) is 1. The highest BCUT2D eigenvalue weighted by atomic mass is 16.6. The normalized spacial score (nSPS) is 18.2. The number of likely N-dealkylation sites (tertiary alicyclic amines) is 1. The summed E-state index contributed by atoms with van der Waals surface area (Å²) in [4.78, 5) is 27.8. The van der Waals surface area contributed by atoms with E-state index >= 15 is 0 Å². The van der Waals surface area contributed by atoms with Crippen LogP contribution in [0.2, 0.25) is 0 Å². The second-order valence-electron chi connectivity index (χ2n) is 9.51. The average Bonchev–Trinajstić information content (AvgIpc) is 3.16. The van der Waals surface area contributed by atoms with Gasteiger partial charge in [0.15, 0.2) is 23.0 Å². The van der Waals surface area contributed by atoms with Gasteiger partial charge in [-0.2, -0.15) is 0 Å². The number of hydrogen-bond acceptors (Lipinski definition) is 8. The molecule has 204 valence electrons. The van der Waals surface area contributed by atoms with Crippen molar-refractivity contribution in [1.82, 2.24) is 4.90 Å². The van der Waals surface area contributed by atoms with E-state index in [9.17, 15) is 14.7 Å². The van der Waals surface area contributed by atoms with Crippen molar-refractivity contribution in [2.45, 2.75) is 33.2 Å². The molecule has 2 aromatic carbocycles. The van der Waals surface area contributed by atoms with Gasteiger partial charge in [0.05, 0.1) is 31.4 Å². The maximum atomic E-state index is 13.3. The molecule has 2 aliphatic heterocycles. The Morgan fingerprint density at radius 2 is 1.79 bits per heavy atom. The summed E-state index contributed by atoms with van der Waals surface area (Å²) in [5.74, 6) is 0.829. The van der Waals surface area contributed by atoms with Gasteiger partial charge >= 0.3 is 0 Å². The number of carbonyl (C=O) groups excluding carboxylic acids is 2. The molecule has 0 spiro atoms. The first-order valence-corrected chi connectivity index (χ1v) is 12.9. The number of methoxy groups -OCH3 is 1. The Morgan fingerprint density at radius 1 is 1.03 bits per heavy atom. The summed E-state index contributed by atoms with van der Waals surface area (Å²) in [7, 11) is 1.53. The minimum Gasteiger partial charge on any atom is -0.507 e. The van der Waals surface area contributed by atoms with E-state index in [-0.39, 0.29) is 24.5 Å². The van der Waals surface area contributed by atoms with E-state index < -0.39 is 17.7 Å². The molecule has 2 aromatic rings. The van der Waals surface area contributed by atoms with Gasteiger partial charge in [-0.05, 0) is 55.2 Å². The van der Waals surface area contributed by atoms with Gasteiger partial charge in [-0.3, -0.25) is 9.59 Å². The Labute approximate surface area is 222 Å². The topological polar surface area (TPSA) is 104 Å². The summed E-state index contributed by atoms with van der Waals surface area (Å²) in [6, 6.07) is 9.42. The molecule has 0 aromatic heterocycles. The van der Waals surface area contributed by atoms with Crippen molar-refractivity contribution in [1.29, 1.82) is 0 Å². The quantitative estimate of drug-likeness (QED) is 0.262. The lowest BCUT2D eigenvalue weighted by Crippen LogP contribution is -2.32. The molecule has 1 amide bonds. The van der Waals surface area contributed by atoms with Crippen LogP contribution in [0.15, 0.2) is 42.0 Å². The number of nitrogens with zero attached hydrogens (tertiary/aromatic N) is 1. The molecule has 1 N–H and O–H groups in total. The Bertz CT molecular complexity index is 1210. The first kappa shape index (κ1) is 27.3. The predicted octanol–water partition coefficient (Wildman–Crippen LogP) is 4.35. The van der Waals surface area contributed by atoms with Crippen LogP contribution in [0.3, 0.4) is 0 Å². The number of rotatable bonds is 11. The molecule has 1 fully saturated rings. The van der Waals surface area contributed by atoms with Gasteiger partial charge < -0.3 is 33.7 Å². The molecule has 1 unspecified atom stereocenters. The standard InChI is InChI=1S/C29H35NO8/c1-5-35-23-16-19(6-8-21(23)36-12-10-18(2)3)26-25(28(32)29(33)30(26)11-13-34-4)27(31)20-7-9-22-24(17-20)38-15-14-37-22/h6-9,16-18,26,31H,5,10-15H2,1-4H3/b27-25+. The number of amides is 1. The second-order valence-corrected chi connectivity index (χ2v) is 9.51. The maximum absolute atomic E-state index is 13.3. The highest BCUT2D eigenvalue weighted by Gasteiger charge is 2.46. The molecule has 0 saturated carbocycles. The smallest absolute Gasteiger partial charge is 0.295 e. The zero-order valence-corrected chi connectivity index (χ0v) is 22.3. The van der Waals surface area contributed by atoms with E-state index in [4.69, 9.17) is 23.7 Å². The first-order chi connectivity index (χ1) is 18.3. The number of fused-ring (bicyclic) bond motifs is 1. The Morgan fingerprint density at radius 3 is 2.50 bits per heavy atom. The van der Waals surface area contributed by atoms with Gasteiger partial charge in [-0.1, -0.05) is 19.9 Å². The number of aliphatic hydroxyl groups is 1. The van der Waals surface area contributed by atoms with E-state index in [0.717, 1.165) is 6.42 Å². The molecule has 9 nitrogen and oxygen atoms in total. The van der Waals surface area contributed by atoms with Crippen molar-refractivity contribution in [2.75, 3.05) is 46.7 Å². The van der Waals surface area contributed by atoms with Crippen LogP contribution in [0.1, 0.15) is 44.4 Å². The van der Waals surface area contributed by atoms with Crippen molar-refractivity contribution in [3.8, 4) is 23.0 Å². The van der Waals surface area contributed by atoms with Crippen LogP contribution in [0.4, 0.5) is 0 Å². The number of Topliss-reactive ketones (excluding diaryl/α,β-unsaturated/α-hetero) is 1. The SMILES string of the molecule is CCOc1cc(C2/C(=C(\O)c3ccc4c(c3)OCCO4)C(=O)C(=O)N2CCOC)ccc1OCCC(C)C. The van der Waals surface area contributed by atoms with Crippen LogP contribution in [0.25, 0.3) is 5.76 Å². The highest BCUT2D eigenvalue weighted by molar-refractivity contribution is 6.46. The fraction of sp³-hybridized carbons (Fsp3) is 0.448. The lowest BCUT2D eigenvalue weighted by Gasteiger charge is -2.26. The third-order valence-electron chi connectivity index (χ3n) is 6.43. The monoisotopic (exact) mass is 525 g/mol. The number of ketones is 1. The molecular formula is C29H35NO8. The lowest BCUT2D eigenvalue weighted by atomic mass is 9.94. The molecule has 2 heterocycles. The maximum Gasteiger partial charge on any atom is 0.295 e. The van der Waals surface area contributed by atoms with Gasteiger partial charge in [0.25, 0.3) is 11.7 Å². The van der Waals surface area contributed by atoms with Crippen LogP contribution in [-0.2, 0) is 14.3 Å². The first-order valence-electron chi connectivity index (χ1n) is 12.9. The minimum absolute atomic E-state index is 0.0151. The molecule has 0 aliphatic carbocycles. The average molecular weight is 526 g/mol. The van der Waals surface area contributed by atoms with Gasteiger partial charge in [-0.25, -0.2) is 0 Å². The summed E-state index contributed by atoms with van der Waals surface area (Å²) in [6.45, 7) is 8.27. The second kappa shape index (κ2) is 12.2. The number of carbonyl (C=O) groups is 2. The van der Waals surface area contributed by atoms with Crippen LogP contribution >= 0.6 is 0 Å². The molecule has 4 rings (SSSR count). The van der Waals surface area contributed by atoms with Crippen molar-refractivity contribution in [2.24, 2.45) is 5.92 Å². The zero-order valence-electron chi connectivity index (χ0n) is 22.3. The third kappa shape index (κ3) is 5.72. The fourth-order valence-electron chi connectivity index (χ4n) is 4.48. The Kier molecular flexibility index (Phi) is 8.78. The molecule has 9 heteroatoms. The molecule has 0 bridgehead atoms. The third-order valence-corrected chi connectivity index (χ3v) is 6.43. The van der Waals surface area contributed by atoms with Gasteiger partial charge in [0.1, 0.15) is 19.0 Å². The van der Waals surface area contributed by atoms with E-state index in [1.54, 1.807) is 36.4 Å². The largest absolute Gasteiger partial charge is 0.507 e. The lowest BCUT2D eigenvalue weighted by molar-refractivity contribution is -0.140.